The molecule has 0 aliphatic carbocycles. The van der Waals surface area contributed by atoms with Crippen LogP contribution in [0.4, 0.5) is 0 Å². The van der Waals surface area contributed by atoms with E-state index in [9.17, 15) is 4.89 Å². The van der Waals surface area contributed by atoms with Gasteiger partial charge in [-0.3, -0.25) is 0 Å². The normalized spacial score (nSPS) is 32.8. The summed E-state index contributed by atoms with van der Waals surface area (Å²) < 4.78 is 0. The first kappa shape index (κ1) is 10.1. The summed E-state index contributed by atoms with van der Waals surface area (Å²) in [5, 5.41) is 1.22. The predicted molar refractivity (Wildman–Crippen MR) is 64.8 cm³/mol. The third kappa shape index (κ3) is 1.39. The molecular formula is C12H19OP. The van der Waals surface area contributed by atoms with Crippen molar-refractivity contribution >= 4 is 12.8 Å². The fourth-order valence-electron chi connectivity index (χ4n) is 2.70. The fraction of sp³-hybridized carbons (Fsp3) is 0.500. The molecule has 0 bridgehead atoms. The van der Waals surface area contributed by atoms with E-state index >= 15 is 0 Å². The van der Waals surface area contributed by atoms with Gasteiger partial charge >= 0.3 is 86.0 Å². The maximum atomic E-state index is 10.8. The summed E-state index contributed by atoms with van der Waals surface area (Å²) >= 11 is 0. The number of hydrogen-bond acceptors (Lipinski definition) is 1. The van der Waals surface area contributed by atoms with Crippen LogP contribution in [0.3, 0.4) is 0 Å². The van der Waals surface area contributed by atoms with Crippen LogP contribution in [0.1, 0.15) is 26.7 Å². The van der Waals surface area contributed by atoms with Gasteiger partial charge in [0.15, 0.2) is 0 Å². The standard InChI is InChI=1S/C12H19OP/c1-10-8-9-11(2)14(10,13)12-6-4-3-5-7-12/h3-7,10-11,13-14H,8-9H2,1-2H3. The van der Waals surface area contributed by atoms with Gasteiger partial charge in [-0.15, -0.1) is 0 Å². The first-order chi connectivity index (χ1) is 6.65. The van der Waals surface area contributed by atoms with E-state index in [1.54, 1.807) is 0 Å². The zero-order chi connectivity index (χ0) is 10.2. The van der Waals surface area contributed by atoms with Crippen LogP contribution in [-0.4, -0.2) is 16.2 Å². The van der Waals surface area contributed by atoms with Crippen molar-refractivity contribution in [3.63, 3.8) is 0 Å². The van der Waals surface area contributed by atoms with Crippen molar-refractivity contribution in [2.45, 2.75) is 38.0 Å². The molecule has 1 heterocycles. The van der Waals surface area contributed by atoms with Gasteiger partial charge in [-0.05, 0) is 0 Å². The Morgan fingerprint density at radius 1 is 1.07 bits per heavy atom. The summed E-state index contributed by atoms with van der Waals surface area (Å²) in [7, 11) is -2.17. The Morgan fingerprint density at radius 3 is 2.07 bits per heavy atom. The Morgan fingerprint density at radius 2 is 1.57 bits per heavy atom. The SMILES string of the molecule is CC1CCC(C)[PH]1(O)c1ccccc1. The fourth-order valence-corrected chi connectivity index (χ4v) is 6.75. The first-order valence-electron chi connectivity index (χ1n) is 5.43. The quantitative estimate of drug-likeness (QED) is 0.706. The monoisotopic (exact) mass is 210 g/mol. The van der Waals surface area contributed by atoms with Gasteiger partial charge in [-0.1, -0.05) is 0 Å². The molecule has 78 valence electrons. The van der Waals surface area contributed by atoms with Crippen LogP contribution in [0.5, 0.6) is 0 Å². The molecule has 1 aliphatic rings. The van der Waals surface area contributed by atoms with E-state index < -0.39 is 7.49 Å². The molecule has 1 N–H and O–H groups in total. The molecule has 2 unspecified atom stereocenters. The van der Waals surface area contributed by atoms with Crippen LogP contribution in [0.15, 0.2) is 30.3 Å². The minimum atomic E-state index is -2.17. The van der Waals surface area contributed by atoms with Crippen LogP contribution >= 0.6 is 7.49 Å². The summed E-state index contributed by atoms with van der Waals surface area (Å²) in [5.41, 5.74) is 1.03. The molecule has 1 aromatic carbocycles. The Labute approximate surface area is 86.6 Å². The Bertz CT molecular complexity index is 299. The second-order valence-corrected chi connectivity index (χ2v) is 8.77. The Kier molecular flexibility index (Phi) is 2.64. The van der Waals surface area contributed by atoms with Crippen molar-refractivity contribution < 1.29 is 4.89 Å². The van der Waals surface area contributed by atoms with Crippen molar-refractivity contribution in [3.05, 3.63) is 30.3 Å². The topological polar surface area (TPSA) is 20.2 Å². The van der Waals surface area contributed by atoms with E-state index in [1.807, 2.05) is 18.2 Å². The summed E-state index contributed by atoms with van der Waals surface area (Å²) in [6, 6.07) is 10.3. The van der Waals surface area contributed by atoms with E-state index in [1.165, 1.54) is 18.1 Å². The van der Waals surface area contributed by atoms with Gasteiger partial charge in [-0.25, -0.2) is 0 Å². The molecule has 1 aliphatic heterocycles. The van der Waals surface area contributed by atoms with Crippen molar-refractivity contribution in [2.75, 3.05) is 0 Å². The van der Waals surface area contributed by atoms with E-state index in [0.717, 1.165) is 0 Å². The van der Waals surface area contributed by atoms with E-state index in [-0.39, 0.29) is 0 Å². The second kappa shape index (κ2) is 3.64. The van der Waals surface area contributed by atoms with Gasteiger partial charge in [0.2, 0.25) is 0 Å². The average Bonchev–Trinajstić information content (AvgIpc) is 2.49. The molecule has 1 aromatic rings. The summed E-state index contributed by atoms with van der Waals surface area (Å²) in [6.45, 7) is 4.42. The number of hydrogen-bond donors (Lipinski definition) is 1. The zero-order valence-corrected chi connectivity index (χ0v) is 9.90. The summed E-state index contributed by atoms with van der Waals surface area (Å²) in [5.74, 6) is 0. The summed E-state index contributed by atoms with van der Waals surface area (Å²) in [4.78, 5) is 10.8. The van der Waals surface area contributed by atoms with Crippen LogP contribution in [0.25, 0.3) is 0 Å². The first-order valence-corrected chi connectivity index (χ1v) is 7.53. The molecular weight excluding hydrogens is 191 g/mol. The van der Waals surface area contributed by atoms with Crippen LogP contribution in [0, 0.1) is 0 Å². The van der Waals surface area contributed by atoms with E-state index in [0.29, 0.717) is 11.3 Å². The van der Waals surface area contributed by atoms with Gasteiger partial charge in [-0.2, -0.15) is 0 Å². The van der Waals surface area contributed by atoms with Gasteiger partial charge < -0.3 is 0 Å². The van der Waals surface area contributed by atoms with Crippen molar-refractivity contribution in [2.24, 2.45) is 0 Å². The number of benzene rings is 1. The van der Waals surface area contributed by atoms with E-state index in [2.05, 4.69) is 26.0 Å². The van der Waals surface area contributed by atoms with Crippen molar-refractivity contribution in [3.8, 4) is 0 Å². The van der Waals surface area contributed by atoms with Gasteiger partial charge in [0.05, 0.1) is 0 Å². The second-order valence-electron chi connectivity index (χ2n) is 4.57. The molecule has 0 aromatic heterocycles. The molecule has 14 heavy (non-hydrogen) atoms. The van der Waals surface area contributed by atoms with Crippen molar-refractivity contribution in [1.82, 2.24) is 0 Å². The van der Waals surface area contributed by atoms with Crippen LogP contribution in [-0.2, 0) is 0 Å². The third-order valence-corrected chi connectivity index (χ3v) is 8.61. The van der Waals surface area contributed by atoms with Crippen LogP contribution in [0.2, 0.25) is 0 Å². The molecule has 0 spiro atoms. The molecule has 2 atom stereocenters. The van der Waals surface area contributed by atoms with Crippen molar-refractivity contribution in [1.29, 1.82) is 0 Å². The predicted octanol–water partition coefficient (Wildman–Crippen LogP) is 2.54. The maximum absolute atomic E-state index is 10.8. The molecule has 1 nitrogen and oxygen atoms in total. The molecule has 2 rings (SSSR count). The van der Waals surface area contributed by atoms with Gasteiger partial charge in [0.25, 0.3) is 0 Å². The molecule has 2 heteroatoms. The van der Waals surface area contributed by atoms with Gasteiger partial charge in [0, 0.05) is 0 Å². The molecule has 0 radical (unpaired) electrons. The molecule has 0 saturated carbocycles. The summed E-state index contributed by atoms with van der Waals surface area (Å²) in [6.07, 6.45) is 2.39. The zero-order valence-electron chi connectivity index (χ0n) is 8.90. The van der Waals surface area contributed by atoms with E-state index in [4.69, 9.17) is 0 Å². The minimum absolute atomic E-state index is 0.514. The Balaban J connectivity index is 2.40. The average molecular weight is 210 g/mol. The molecule has 1 fully saturated rings. The number of rotatable bonds is 1. The molecule has 1 saturated heterocycles. The van der Waals surface area contributed by atoms with Gasteiger partial charge in [0.1, 0.15) is 0 Å². The third-order valence-electron chi connectivity index (χ3n) is 3.77. The molecule has 0 amide bonds. The Hall–Kier alpha value is -0.390. The van der Waals surface area contributed by atoms with Crippen LogP contribution < -0.4 is 5.30 Å².